The number of ether oxygens (including phenoxy) is 2. The van der Waals surface area contributed by atoms with Gasteiger partial charge >= 0.3 is 0 Å². The van der Waals surface area contributed by atoms with E-state index in [1.54, 1.807) is 0 Å². The molecular formula is C13H16ClNO4. The number of hydrogen-bond donors (Lipinski definition) is 0. The maximum Gasteiger partial charge on any atom is 0.269 e. The highest BCUT2D eigenvalue weighted by atomic mass is 35.5. The van der Waals surface area contributed by atoms with Gasteiger partial charge in [-0.2, -0.15) is 0 Å². The average molecular weight is 286 g/mol. The Morgan fingerprint density at radius 1 is 1.42 bits per heavy atom. The molecule has 0 aromatic heterocycles. The van der Waals surface area contributed by atoms with E-state index in [1.165, 1.54) is 18.2 Å². The van der Waals surface area contributed by atoms with Crippen molar-refractivity contribution in [3.8, 4) is 0 Å². The maximum atomic E-state index is 10.7. The average Bonchev–Trinajstić information content (AvgIpc) is 2.42. The van der Waals surface area contributed by atoms with Gasteiger partial charge in [0.05, 0.1) is 18.1 Å². The van der Waals surface area contributed by atoms with Crippen LogP contribution in [0, 0.1) is 16.0 Å². The number of nitrogens with zero attached hydrogens (tertiary/aromatic N) is 1. The molecule has 6 heteroatoms. The van der Waals surface area contributed by atoms with Crippen LogP contribution in [0.2, 0.25) is 5.02 Å². The van der Waals surface area contributed by atoms with E-state index in [1.807, 2.05) is 0 Å². The molecule has 1 fully saturated rings. The van der Waals surface area contributed by atoms with Gasteiger partial charge in [-0.3, -0.25) is 10.1 Å². The number of non-ortho nitro benzene ring substituents is 1. The summed E-state index contributed by atoms with van der Waals surface area (Å²) in [6.07, 6.45) is 2.01. The molecule has 0 radical (unpaired) electrons. The fraction of sp³-hybridized carbons (Fsp3) is 0.538. The molecule has 0 aliphatic carbocycles. The molecule has 0 atom stereocenters. The van der Waals surface area contributed by atoms with E-state index < -0.39 is 4.92 Å². The molecule has 1 aromatic rings. The van der Waals surface area contributed by atoms with E-state index in [9.17, 15) is 10.1 Å². The van der Waals surface area contributed by atoms with Gasteiger partial charge in [0.15, 0.2) is 0 Å². The molecule has 2 rings (SSSR count). The van der Waals surface area contributed by atoms with Gasteiger partial charge < -0.3 is 9.47 Å². The summed E-state index contributed by atoms with van der Waals surface area (Å²) in [5.41, 5.74) is 0.692. The monoisotopic (exact) mass is 285 g/mol. The minimum Gasteiger partial charge on any atom is -0.381 e. The molecule has 1 aliphatic heterocycles. The molecule has 0 spiro atoms. The number of rotatable bonds is 5. The summed E-state index contributed by atoms with van der Waals surface area (Å²) >= 11 is 6.00. The molecule has 1 aliphatic rings. The smallest absolute Gasteiger partial charge is 0.269 e. The van der Waals surface area contributed by atoms with Gasteiger partial charge in [-0.15, -0.1) is 0 Å². The molecular weight excluding hydrogens is 270 g/mol. The van der Waals surface area contributed by atoms with Crippen molar-refractivity contribution in [2.75, 3.05) is 19.8 Å². The fourth-order valence-corrected chi connectivity index (χ4v) is 2.21. The molecule has 1 heterocycles. The Morgan fingerprint density at radius 3 is 2.84 bits per heavy atom. The Labute approximate surface area is 116 Å². The van der Waals surface area contributed by atoms with Gasteiger partial charge in [0, 0.05) is 35.9 Å². The zero-order valence-electron chi connectivity index (χ0n) is 10.5. The summed E-state index contributed by atoms with van der Waals surface area (Å²) in [5, 5.41) is 11.2. The van der Waals surface area contributed by atoms with Crippen LogP contribution >= 0.6 is 11.6 Å². The first-order valence-corrected chi connectivity index (χ1v) is 6.63. The summed E-state index contributed by atoms with van der Waals surface area (Å²) in [6, 6.07) is 4.39. The maximum absolute atomic E-state index is 10.7. The molecule has 19 heavy (non-hydrogen) atoms. The molecule has 0 N–H and O–H groups in total. The first-order chi connectivity index (χ1) is 9.16. The van der Waals surface area contributed by atoms with Crippen molar-refractivity contribution < 1.29 is 14.4 Å². The number of hydrogen-bond acceptors (Lipinski definition) is 4. The lowest BCUT2D eigenvalue weighted by Gasteiger charge is -2.21. The second-order valence-corrected chi connectivity index (χ2v) is 5.01. The lowest BCUT2D eigenvalue weighted by atomic mass is 10.0. The van der Waals surface area contributed by atoms with Crippen LogP contribution in [0.15, 0.2) is 18.2 Å². The Bertz CT molecular complexity index is 446. The van der Waals surface area contributed by atoms with E-state index in [2.05, 4.69) is 0 Å². The Hall–Kier alpha value is -1.17. The van der Waals surface area contributed by atoms with Crippen LogP contribution in [-0.4, -0.2) is 24.7 Å². The van der Waals surface area contributed by atoms with Gasteiger partial charge in [-0.25, -0.2) is 0 Å². The second kappa shape index (κ2) is 6.84. The Morgan fingerprint density at radius 2 is 2.16 bits per heavy atom. The number of halogens is 1. The Balaban J connectivity index is 1.87. The van der Waals surface area contributed by atoms with E-state index in [4.69, 9.17) is 21.1 Å². The molecule has 5 nitrogen and oxygen atoms in total. The van der Waals surface area contributed by atoms with E-state index in [0.29, 0.717) is 29.7 Å². The lowest BCUT2D eigenvalue weighted by molar-refractivity contribution is -0.384. The standard InChI is InChI=1S/C13H16ClNO4/c14-13-2-1-12(15(16)17)7-11(13)9-19-8-10-3-5-18-6-4-10/h1-2,7,10H,3-6,8-9H2. The zero-order chi connectivity index (χ0) is 13.7. The second-order valence-electron chi connectivity index (χ2n) is 4.60. The summed E-state index contributed by atoms with van der Waals surface area (Å²) in [5.74, 6) is 0.506. The molecule has 0 amide bonds. The van der Waals surface area contributed by atoms with E-state index in [0.717, 1.165) is 26.1 Å². The van der Waals surface area contributed by atoms with Gasteiger partial charge in [-0.05, 0) is 24.8 Å². The van der Waals surface area contributed by atoms with Crippen LogP contribution in [0.5, 0.6) is 0 Å². The minimum absolute atomic E-state index is 0.0362. The highest BCUT2D eigenvalue weighted by molar-refractivity contribution is 6.31. The summed E-state index contributed by atoms with van der Waals surface area (Å²) < 4.78 is 10.9. The van der Waals surface area contributed by atoms with Crippen LogP contribution in [0.1, 0.15) is 18.4 Å². The molecule has 1 saturated heterocycles. The first kappa shape index (κ1) is 14.2. The molecule has 0 unspecified atom stereocenters. The van der Waals surface area contributed by atoms with Crippen molar-refractivity contribution in [3.05, 3.63) is 38.9 Å². The normalized spacial score (nSPS) is 16.5. The van der Waals surface area contributed by atoms with Crippen LogP contribution in [-0.2, 0) is 16.1 Å². The SMILES string of the molecule is O=[N+]([O-])c1ccc(Cl)c(COCC2CCOCC2)c1. The zero-order valence-corrected chi connectivity index (χ0v) is 11.3. The largest absolute Gasteiger partial charge is 0.381 e. The van der Waals surface area contributed by atoms with Gasteiger partial charge in [0.25, 0.3) is 5.69 Å². The van der Waals surface area contributed by atoms with Crippen molar-refractivity contribution in [2.24, 2.45) is 5.92 Å². The molecule has 0 bridgehead atoms. The highest BCUT2D eigenvalue weighted by Crippen LogP contribution is 2.23. The Kier molecular flexibility index (Phi) is 5.13. The van der Waals surface area contributed by atoms with E-state index >= 15 is 0 Å². The quantitative estimate of drug-likeness (QED) is 0.616. The van der Waals surface area contributed by atoms with Gasteiger partial charge in [-0.1, -0.05) is 11.6 Å². The van der Waals surface area contributed by atoms with Crippen molar-refractivity contribution >= 4 is 17.3 Å². The van der Waals surface area contributed by atoms with Gasteiger partial charge in [0.1, 0.15) is 0 Å². The third kappa shape index (κ3) is 4.16. The molecule has 0 saturated carbocycles. The third-order valence-corrected chi connectivity index (χ3v) is 3.56. The highest BCUT2D eigenvalue weighted by Gasteiger charge is 2.15. The van der Waals surface area contributed by atoms with Crippen LogP contribution in [0.3, 0.4) is 0 Å². The predicted molar refractivity (Wildman–Crippen MR) is 71.3 cm³/mol. The topological polar surface area (TPSA) is 61.6 Å². The third-order valence-electron chi connectivity index (χ3n) is 3.19. The van der Waals surface area contributed by atoms with Crippen LogP contribution in [0.4, 0.5) is 5.69 Å². The van der Waals surface area contributed by atoms with E-state index in [-0.39, 0.29) is 5.69 Å². The van der Waals surface area contributed by atoms with Crippen LogP contribution in [0.25, 0.3) is 0 Å². The lowest BCUT2D eigenvalue weighted by Crippen LogP contribution is -2.20. The van der Waals surface area contributed by atoms with Gasteiger partial charge in [0.2, 0.25) is 0 Å². The fourth-order valence-electron chi connectivity index (χ4n) is 2.03. The van der Waals surface area contributed by atoms with Crippen LogP contribution < -0.4 is 0 Å². The predicted octanol–water partition coefficient (Wildman–Crippen LogP) is 3.19. The number of nitro benzene ring substituents is 1. The van der Waals surface area contributed by atoms with Crippen molar-refractivity contribution in [1.82, 2.24) is 0 Å². The molecule has 1 aromatic carbocycles. The number of nitro groups is 1. The first-order valence-electron chi connectivity index (χ1n) is 6.25. The van der Waals surface area contributed by atoms with Crippen molar-refractivity contribution in [2.45, 2.75) is 19.4 Å². The summed E-state index contributed by atoms with van der Waals surface area (Å²) in [4.78, 5) is 10.3. The molecule has 104 valence electrons. The summed E-state index contributed by atoms with van der Waals surface area (Å²) in [7, 11) is 0. The summed E-state index contributed by atoms with van der Waals surface area (Å²) in [6.45, 7) is 2.51. The van der Waals surface area contributed by atoms with Crippen molar-refractivity contribution in [1.29, 1.82) is 0 Å². The number of benzene rings is 1. The van der Waals surface area contributed by atoms with Crippen molar-refractivity contribution in [3.63, 3.8) is 0 Å². The minimum atomic E-state index is -0.432.